The van der Waals surface area contributed by atoms with E-state index in [9.17, 15) is 4.79 Å². The topological polar surface area (TPSA) is 45.8 Å². The van der Waals surface area contributed by atoms with Gasteiger partial charge in [-0.05, 0) is 101 Å². The van der Waals surface area contributed by atoms with Crippen molar-refractivity contribution in [1.82, 2.24) is 9.97 Å². The van der Waals surface area contributed by atoms with Gasteiger partial charge in [-0.1, -0.05) is 31.9 Å². The number of aromatic amines is 1. The van der Waals surface area contributed by atoms with E-state index in [1.165, 1.54) is 63.5 Å². The van der Waals surface area contributed by atoms with Crippen molar-refractivity contribution in [3.63, 3.8) is 0 Å². The number of rotatable bonds is 3. The molecule has 0 radical (unpaired) electrons. The minimum absolute atomic E-state index is 0.166. The first-order valence-electron chi connectivity index (χ1n) is 11.7. The Kier molecular flexibility index (Phi) is 3.56. The number of carbonyl (C=O) groups is 1. The number of nitrogens with zero attached hydrogens (tertiary/aromatic N) is 1. The predicted octanol–water partition coefficient (Wildman–Crippen LogP) is 6.31. The summed E-state index contributed by atoms with van der Waals surface area (Å²) in [5, 5.41) is 0. The van der Waals surface area contributed by atoms with Gasteiger partial charge in [-0.15, -0.1) is 0 Å². The third kappa shape index (κ3) is 2.58. The molecule has 0 amide bonds. The molecule has 8 saturated carbocycles. The van der Waals surface area contributed by atoms with Gasteiger partial charge in [0.25, 0.3) is 0 Å². The number of imidazole rings is 1. The molecule has 0 saturated heterocycles. The molecule has 9 rings (SSSR count). The summed E-state index contributed by atoms with van der Waals surface area (Å²) in [5.41, 5.74) is 1.31. The number of aromatic nitrogens is 2. The van der Waals surface area contributed by atoms with Crippen LogP contribution in [0.25, 0.3) is 0 Å². The zero-order valence-electron chi connectivity index (χ0n) is 17.0. The second-order valence-electron chi connectivity index (χ2n) is 12.3. The molecule has 8 aliphatic rings. The number of ketones is 1. The van der Waals surface area contributed by atoms with Gasteiger partial charge in [-0.2, -0.15) is 0 Å². The summed E-state index contributed by atoms with van der Waals surface area (Å²) in [6, 6.07) is 0. The lowest BCUT2D eigenvalue weighted by Gasteiger charge is -2.60. The third-order valence-electron chi connectivity index (χ3n) is 9.82. The number of carbonyl (C=O) groups excluding carboxylic acids is 1. The van der Waals surface area contributed by atoms with Crippen LogP contribution in [-0.2, 0) is 5.41 Å². The van der Waals surface area contributed by atoms with Crippen LogP contribution in [-0.4, -0.2) is 24.4 Å². The minimum Gasteiger partial charge on any atom is -0.339 e. The Balaban J connectivity index is 1.22. The first-order chi connectivity index (χ1) is 13.8. The van der Waals surface area contributed by atoms with Gasteiger partial charge in [0.15, 0.2) is 5.82 Å². The van der Waals surface area contributed by atoms with Gasteiger partial charge in [-0.3, -0.25) is 4.79 Å². The first-order valence-corrected chi connectivity index (χ1v) is 13.3. The fraction of sp³-hybridized carbons (Fsp3) is 0.833. The molecule has 5 heteroatoms. The minimum atomic E-state index is -0.166. The van der Waals surface area contributed by atoms with Gasteiger partial charge in [0.05, 0.1) is 0 Å². The summed E-state index contributed by atoms with van der Waals surface area (Å²) in [5.74, 6) is 4.12. The normalized spacial score (nSPS) is 54.3. The van der Waals surface area contributed by atoms with Crippen LogP contribution in [0.3, 0.4) is 0 Å². The summed E-state index contributed by atoms with van der Waals surface area (Å²) in [7, 11) is 0. The van der Waals surface area contributed by atoms with Crippen LogP contribution in [0.1, 0.15) is 93.4 Å². The standard InChI is InChI=1S/C24H30Br2N2O/c25-23-7-14-1-15(8-23)4-21(3-14,12-23)18-11-27-20(28-18)19(29)22-5-16-2-17(6-22)10-24(26,9-16)13-22/h11,14-17H,1-10,12-13H2,(H,27,28)/t14-,15-,16-,17+,21?,22?,23?,24?/m0/s1. The summed E-state index contributed by atoms with van der Waals surface area (Å²) < 4.78 is 0.541. The Labute approximate surface area is 189 Å². The van der Waals surface area contributed by atoms with Crippen LogP contribution in [0.5, 0.6) is 0 Å². The van der Waals surface area contributed by atoms with Gasteiger partial charge in [0.1, 0.15) is 0 Å². The fourth-order valence-electron chi connectivity index (χ4n) is 9.84. The molecular formula is C24H30Br2N2O. The highest BCUT2D eigenvalue weighted by atomic mass is 79.9. The summed E-state index contributed by atoms with van der Waals surface area (Å²) >= 11 is 8.20. The van der Waals surface area contributed by atoms with Crippen molar-refractivity contribution < 1.29 is 4.79 Å². The Morgan fingerprint density at radius 3 is 1.97 bits per heavy atom. The molecule has 0 aliphatic heterocycles. The van der Waals surface area contributed by atoms with Crippen molar-refractivity contribution >= 4 is 37.6 Å². The van der Waals surface area contributed by atoms with Gasteiger partial charge in [0, 0.05) is 31.4 Å². The molecule has 8 bridgehead atoms. The van der Waals surface area contributed by atoms with E-state index < -0.39 is 0 Å². The lowest BCUT2D eigenvalue weighted by atomic mass is 9.48. The van der Waals surface area contributed by atoms with Crippen LogP contribution in [0.15, 0.2) is 6.20 Å². The number of Topliss-reactive ketones (excluding diaryl/α,β-unsaturated/α-hetero) is 1. The number of nitrogens with one attached hydrogen (secondary N) is 1. The van der Waals surface area contributed by atoms with Crippen molar-refractivity contribution in [3.05, 3.63) is 17.7 Å². The largest absolute Gasteiger partial charge is 0.339 e. The Hall–Kier alpha value is -0.160. The van der Waals surface area contributed by atoms with Crippen molar-refractivity contribution in [3.8, 4) is 0 Å². The maximum atomic E-state index is 13.8. The quantitative estimate of drug-likeness (QED) is 0.374. The number of halogens is 2. The van der Waals surface area contributed by atoms with E-state index in [0.29, 0.717) is 15.9 Å². The van der Waals surface area contributed by atoms with E-state index in [4.69, 9.17) is 4.98 Å². The van der Waals surface area contributed by atoms with Crippen molar-refractivity contribution in [1.29, 1.82) is 0 Å². The molecule has 8 fully saturated rings. The molecule has 1 N–H and O–H groups in total. The summed E-state index contributed by atoms with van der Waals surface area (Å²) in [6.45, 7) is 0. The summed E-state index contributed by atoms with van der Waals surface area (Å²) in [4.78, 5) is 22.2. The predicted molar refractivity (Wildman–Crippen MR) is 120 cm³/mol. The van der Waals surface area contributed by atoms with Crippen LogP contribution >= 0.6 is 31.9 Å². The van der Waals surface area contributed by atoms with Gasteiger partial charge >= 0.3 is 0 Å². The second kappa shape index (κ2) is 5.60. The van der Waals surface area contributed by atoms with Crippen LogP contribution in [0.4, 0.5) is 0 Å². The highest BCUT2D eigenvalue weighted by molar-refractivity contribution is 9.10. The van der Waals surface area contributed by atoms with E-state index in [1.807, 2.05) is 6.20 Å². The molecule has 0 spiro atoms. The number of H-pyrrole nitrogens is 1. The molecule has 0 aromatic carbocycles. The average Bonchev–Trinajstić information content (AvgIpc) is 3.07. The molecule has 156 valence electrons. The van der Waals surface area contributed by atoms with E-state index in [2.05, 4.69) is 36.8 Å². The van der Waals surface area contributed by atoms with Crippen molar-refractivity contribution in [2.45, 2.75) is 91.1 Å². The van der Waals surface area contributed by atoms with E-state index in [1.54, 1.807) is 0 Å². The second-order valence-corrected chi connectivity index (χ2v) is 15.6. The van der Waals surface area contributed by atoms with Crippen LogP contribution in [0.2, 0.25) is 0 Å². The smallest absolute Gasteiger partial charge is 0.204 e. The van der Waals surface area contributed by atoms with Gasteiger partial charge in [-0.25, -0.2) is 4.98 Å². The molecule has 29 heavy (non-hydrogen) atoms. The zero-order valence-corrected chi connectivity index (χ0v) is 20.2. The maximum Gasteiger partial charge on any atom is 0.204 e. The maximum absolute atomic E-state index is 13.8. The molecular weight excluding hydrogens is 492 g/mol. The van der Waals surface area contributed by atoms with Crippen LogP contribution < -0.4 is 0 Å². The highest BCUT2D eigenvalue weighted by Gasteiger charge is 2.61. The zero-order chi connectivity index (χ0) is 19.6. The third-order valence-corrected chi connectivity index (χ3v) is 11.7. The molecule has 1 heterocycles. The Morgan fingerprint density at radius 1 is 0.862 bits per heavy atom. The molecule has 3 nitrogen and oxygen atoms in total. The van der Waals surface area contributed by atoms with Crippen LogP contribution in [0, 0.1) is 29.1 Å². The molecule has 2 unspecified atom stereocenters. The van der Waals surface area contributed by atoms with Crippen molar-refractivity contribution in [2.24, 2.45) is 29.1 Å². The van der Waals surface area contributed by atoms with E-state index in [0.717, 1.165) is 42.9 Å². The number of alkyl halides is 2. The highest BCUT2D eigenvalue weighted by Crippen LogP contribution is 2.66. The van der Waals surface area contributed by atoms with E-state index >= 15 is 0 Å². The lowest BCUT2D eigenvalue weighted by molar-refractivity contribution is -0.0204. The summed E-state index contributed by atoms with van der Waals surface area (Å²) in [6.07, 6.45) is 17.0. The fourth-order valence-corrected chi connectivity index (χ4v) is 12.7. The molecule has 1 aromatic rings. The van der Waals surface area contributed by atoms with Crippen molar-refractivity contribution in [2.75, 3.05) is 0 Å². The van der Waals surface area contributed by atoms with Gasteiger partial charge < -0.3 is 4.98 Å². The Bertz CT molecular complexity index is 878. The first kappa shape index (κ1) is 18.4. The average molecular weight is 522 g/mol. The SMILES string of the molecule is O=C(c1ncc(C23C[C@@H]4C[C@H](CC(Br)(C4)C2)C3)[nH]1)C12C[C@@H]3C[C@@H](CC(Br)(C3)C1)C2. The molecule has 1 aromatic heterocycles. The molecule has 6 atom stereocenters. The van der Waals surface area contributed by atoms with Gasteiger partial charge in [0.2, 0.25) is 5.78 Å². The molecule has 8 aliphatic carbocycles. The lowest BCUT2D eigenvalue weighted by Crippen LogP contribution is -2.56. The monoisotopic (exact) mass is 520 g/mol. The number of hydrogen-bond acceptors (Lipinski definition) is 2. The Morgan fingerprint density at radius 2 is 1.41 bits per heavy atom. The van der Waals surface area contributed by atoms with E-state index in [-0.39, 0.29) is 15.2 Å². The number of hydrogen-bond donors (Lipinski definition) is 1.